The number of alkyl halides is 6. The zero-order valence-corrected chi connectivity index (χ0v) is 16.4. The van der Waals surface area contributed by atoms with E-state index in [4.69, 9.17) is 5.11 Å². The fourth-order valence-corrected chi connectivity index (χ4v) is 4.07. The van der Waals surface area contributed by atoms with Gasteiger partial charge in [0.25, 0.3) is 5.60 Å². The maximum absolute atomic E-state index is 12.9. The van der Waals surface area contributed by atoms with Crippen molar-refractivity contribution in [2.24, 2.45) is 0 Å². The first kappa shape index (κ1) is 24.5. The summed E-state index contributed by atoms with van der Waals surface area (Å²) in [4.78, 5) is 11.7. The average Bonchev–Trinajstić information content (AvgIpc) is 2.65. The monoisotopic (exact) mass is 471 g/mol. The Kier molecular flexibility index (Phi) is 6.34. The highest BCUT2D eigenvalue weighted by Gasteiger charge is 2.71. The number of carbonyl (C=O) groups is 1. The van der Waals surface area contributed by atoms with Gasteiger partial charge in [-0.05, 0) is 30.3 Å². The van der Waals surface area contributed by atoms with Crippen molar-refractivity contribution in [3.8, 4) is 0 Å². The summed E-state index contributed by atoms with van der Waals surface area (Å²) in [5.74, 6) is -2.11. The molecule has 0 amide bonds. The lowest BCUT2D eigenvalue weighted by atomic mass is 9.92. The third-order valence-corrected chi connectivity index (χ3v) is 6.05. The van der Waals surface area contributed by atoms with Crippen molar-refractivity contribution in [1.29, 1.82) is 0 Å². The molecule has 0 spiro atoms. The van der Waals surface area contributed by atoms with E-state index in [1.165, 1.54) is 19.2 Å². The largest absolute Gasteiger partial charge is 0.478 e. The van der Waals surface area contributed by atoms with E-state index in [-0.39, 0.29) is 16.1 Å². The minimum absolute atomic E-state index is 0.0617. The first-order valence-electron chi connectivity index (χ1n) is 8.24. The number of anilines is 1. The molecule has 2 rings (SSSR count). The second-order valence-electron chi connectivity index (χ2n) is 6.53. The van der Waals surface area contributed by atoms with Crippen LogP contribution in [0.1, 0.15) is 15.9 Å². The summed E-state index contributed by atoms with van der Waals surface area (Å²) in [6, 6.07) is 6.82. The lowest BCUT2D eigenvalue weighted by Gasteiger charge is -2.33. The number of aromatic carboxylic acids is 1. The summed E-state index contributed by atoms with van der Waals surface area (Å²) in [6.45, 7) is 0. The molecule has 0 aliphatic carbocycles. The number of hydrogen-bond donors (Lipinski definition) is 2. The molecule has 0 atom stereocenters. The number of hydrogen-bond acceptors (Lipinski definition) is 5. The highest BCUT2D eigenvalue weighted by atomic mass is 32.2. The van der Waals surface area contributed by atoms with Crippen LogP contribution < -0.4 is 4.90 Å². The summed E-state index contributed by atoms with van der Waals surface area (Å²) in [7, 11) is -2.88. The molecule has 6 nitrogen and oxygen atoms in total. The molecule has 2 aromatic rings. The van der Waals surface area contributed by atoms with Gasteiger partial charge in [0.2, 0.25) is 0 Å². The maximum Gasteiger partial charge on any atom is 0.430 e. The number of carboxylic acid groups (broad SMARTS) is 1. The van der Waals surface area contributed by atoms with Crippen LogP contribution in [0.4, 0.5) is 32.0 Å². The Bertz CT molecular complexity index is 1050. The first-order valence-corrected chi connectivity index (χ1v) is 9.89. The van der Waals surface area contributed by atoms with Gasteiger partial charge in [-0.1, -0.05) is 18.2 Å². The molecule has 0 aliphatic heterocycles. The van der Waals surface area contributed by atoms with Crippen LogP contribution >= 0.6 is 0 Å². The summed E-state index contributed by atoms with van der Waals surface area (Å²) < 4.78 is 103. The van der Waals surface area contributed by atoms with Crippen molar-refractivity contribution in [1.82, 2.24) is 0 Å². The number of halogens is 6. The van der Waals surface area contributed by atoms with Crippen molar-refractivity contribution >= 4 is 21.5 Å². The lowest BCUT2D eigenvalue weighted by molar-refractivity contribution is -0.376. The van der Waals surface area contributed by atoms with Gasteiger partial charge < -0.3 is 15.1 Å². The van der Waals surface area contributed by atoms with E-state index >= 15 is 0 Å². The molecule has 0 aliphatic rings. The van der Waals surface area contributed by atoms with Gasteiger partial charge >= 0.3 is 18.3 Å². The van der Waals surface area contributed by atoms with E-state index in [0.29, 0.717) is 12.1 Å². The molecule has 0 aromatic heterocycles. The molecule has 0 fully saturated rings. The molecule has 170 valence electrons. The van der Waals surface area contributed by atoms with Gasteiger partial charge in [-0.2, -0.15) is 26.3 Å². The first-order chi connectivity index (χ1) is 14.0. The predicted octanol–water partition coefficient (Wildman–Crippen LogP) is 3.56. The Morgan fingerprint density at radius 3 is 1.94 bits per heavy atom. The molecule has 0 heterocycles. The minimum Gasteiger partial charge on any atom is -0.478 e. The number of rotatable bonds is 6. The lowest BCUT2D eigenvalue weighted by Crippen LogP contribution is -2.53. The van der Waals surface area contributed by atoms with E-state index in [1.807, 2.05) is 0 Å². The molecular formula is C18H15F6NO5S. The summed E-state index contributed by atoms with van der Waals surface area (Å²) in [5.41, 5.74) is -6.93. The molecule has 0 saturated heterocycles. The quantitative estimate of drug-likeness (QED) is 0.626. The molecule has 0 unspecified atom stereocenters. The van der Waals surface area contributed by atoms with Crippen molar-refractivity contribution in [2.45, 2.75) is 22.8 Å². The topological polar surface area (TPSA) is 94.9 Å². The number of aliphatic hydroxyl groups is 1. The molecule has 0 bridgehead atoms. The van der Waals surface area contributed by atoms with Gasteiger partial charge in [-0.25, -0.2) is 13.2 Å². The van der Waals surface area contributed by atoms with Crippen LogP contribution in [-0.2, 0) is 15.4 Å². The third kappa shape index (κ3) is 4.77. The van der Waals surface area contributed by atoms with Gasteiger partial charge in [0.15, 0.2) is 9.84 Å². The SMILES string of the molecule is CN(CS(=O)(=O)c1cccc(C(=O)O)c1)c1ccc(C(O)(C(F)(F)F)C(F)(F)F)cc1. The maximum atomic E-state index is 12.9. The molecule has 2 aromatic carbocycles. The molecule has 31 heavy (non-hydrogen) atoms. The number of benzene rings is 2. The fourth-order valence-electron chi connectivity index (χ4n) is 2.67. The normalized spacial score (nSPS) is 13.2. The van der Waals surface area contributed by atoms with Crippen molar-refractivity contribution in [3.05, 3.63) is 59.7 Å². The van der Waals surface area contributed by atoms with Crippen LogP contribution in [0, 0.1) is 0 Å². The summed E-state index contributed by atoms with van der Waals surface area (Å²) >= 11 is 0. The van der Waals surface area contributed by atoms with Gasteiger partial charge in [0.05, 0.1) is 10.5 Å². The highest BCUT2D eigenvalue weighted by Crippen LogP contribution is 2.50. The van der Waals surface area contributed by atoms with Gasteiger partial charge in [0.1, 0.15) is 5.88 Å². The number of sulfone groups is 1. The smallest absolute Gasteiger partial charge is 0.430 e. The second kappa shape index (κ2) is 8.04. The van der Waals surface area contributed by atoms with Crippen molar-refractivity contribution in [2.75, 3.05) is 17.8 Å². The molecule has 0 saturated carbocycles. The van der Waals surface area contributed by atoms with Crippen molar-refractivity contribution in [3.63, 3.8) is 0 Å². The standard InChI is InChI=1S/C18H15F6NO5S/c1-25(10-31(29,30)14-4-2-3-11(9-14)15(26)27)13-7-5-12(6-8-13)16(28,17(19,20)21)18(22,23)24/h2-9,28H,10H2,1H3,(H,26,27). The Hall–Kier alpha value is -2.80. The Morgan fingerprint density at radius 1 is 0.968 bits per heavy atom. The van der Waals surface area contributed by atoms with Crippen LogP contribution in [-0.4, -0.2) is 49.9 Å². The molecule has 0 radical (unpaired) electrons. The Balaban J connectivity index is 2.33. The second-order valence-corrected chi connectivity index (χ2v) is 8.49. The van der Waals surface area contributed by atoms with Crippen LogP contribution in [0.3, 0.4) is 0 Å². The minimum atomic E-state index is -6.04. The molecular weight excluding hydrogens is 456 g/mol. The predicted molar refractivity (Wildman–Crippen MR) is 96.3 cm³/mol. The Labute approximate surface area is 172 Å². The number of carboxylic acids is 1. The van der Waals surface area contributed by atoms with Crippen LogP contribution in [0.2, 0.25) is 0 Å². The van der Waals surface area contributed by atoms with Crippen LogP contribution in [0.5, 0.6) is 0 Å². The molecule has 2 N–H and O–H groups in total. The van der Waals surface area contributed by atoms with E-state index in [1.54, 1.807) is 0 Å². The zero-order valence-electron chi connectivity index (χ0n) is 15.6. The van der Waals surface area contributed by atoms with Gasteiger partial charge in [-0.15, -0.1) is 0 Å². The van der Waals surface area contributed by atoms with Crippen LogP contribution in [0.25, 0.3) is 0 Å². The van der Waals surface area contributed by atoms with Crippen LogP contribution in [0.15, 0.2) is 53.4 Å². The van der Waals surface area contributed by atoms with Gasteiger partial charge in [0, 0.05) is 18.3 Å². The van der Waals surface area contributed by atoms with E-state index in [0.717, 1.165) is 29.2 Å². The summed E-state index contributed by atoms with van der Waals surface area (Å²) in [6.07, 6.45) is -12.1. The highest BCUT2D eigenvalue weighted by molar-refractivity contribution is 7.91. The van der Waals surface area contributed by atoms with Gasteiger partial charge in [-0.3, -0.25) is 0 Å². The average molecular weight is 471 g/mol. The van der Waals surface area contributed by atoms with E-state index in [9.17, 15) is 44.7 Å². The zero-order chi connectivity index (χ0) is 23.8. The van der Waals surface area contributed by atoms with E-state index in [2.05, 4.69) is 0 Å². The van der Waals surface area contributed by atoms with Crippen molar-refractivity contribution < 1.29 is 49.8 Å². The summed E-state index contributed by atoms with van der Waals surface area (Å²) in [5, 5.41) is 18.3. The third-order valence-electron chi connectivity index (χ3n) is 4.35. The Morgan fingerprint density at radius 2 is 1.48 bits per heavy atom. The number of nitrogens with zero attached hydrogens (tertiary/aromatic N) is 1. The molecule has 13 heteroatoms. The fraction of sp³-hybridized carbons (Fsp3) is 0.278. The van der Waals surface area contributed by atoms with E-state index < -0.39 is 45.2 Å².